The van der Waals surface area contributed by atoms with Crippen LogP contribution in [0.2, 0.25) is 0 Å². The predicted molar refractivity (Wildman–Crippen MR) is 81.0 cm³/mol. The SMILES string of the molecule is C/C(=C/CCNC1CC1)c1cccc2ccncc12. The van der Waals surface area contributed by atoms with Crippen LogP contribution in [0.15, 0.2) is 42.7 Å². The smallest absolute Gasteiger partial charge is 0.0352 e. The van der Waals surface area contributed by atoms with Crippen LogP contribution in [0.5, 0.6) is 0 Å². The molecule has 0 saturated heterocycles. The molecule has 0 atom stereocenters. The van der Waals surface area contributed by atoms with Crippen molar-refractivity contribution in [2.24, 2.45) is 0 Å². The van der Waals surface area contributed by atoms with Crippen LogP contribution in [-0.2, 0) is 0 Å². The minimum atomic E-state index is 0.801. The van der Waals surface area contributed by atoms with Crippen LogP contribution in [0, 0.1) is 0 Å². The number of nitrogens with one attached hydrogen (secondary N) is 1. The number of nitrogens with zero attached hydrogens (tertiary/aromatic N) is 1. The van der Waals surface area contributed by atoms with Gasteiger partial charge in [0.05, 0.1) is 0 Å². The van der Waals surface area contributed by atoms with E-state index >= 15 is 0 Å². The van der Waals surface area contributed by atoms with Gasteiger partial charge in [0.2, 0.25) is 0 Å². The van der Waals surface area contributed by atoms with E-state index in [-0.39, 0.29) is 0 Å². The second-order valence-electron chi connectivity index (χ2n) is 5.31. The molecule has 1 saturated carbocycles. The number of hydrogen-bond acceptors (Lipinski definition) is 2. The number of hydrogen-bond donors (Lipinski definition) is 1. The van der Waals surface area contributed by atoms with Crippen molar-refractivity contribution in [2.45, 2.75) is 32.2 Å². The maximum absolute atomic E-state index is 4.24. The van der Waals surface area contributed by atoms with Gasteiger partial charge in [-0.05, 0) is 55.3 Å². The molecule has 1 fully saturated rings. The summed E-state index contributed by atoms with van der Waals surface area (Å²) in [4.78, 5) is 4.24. The maximum Gasteiger partial charge on any atom is 0.0352 e. The molecular formula is C17H20N2. The average Bonchev–Trinajstić information content (AvgIpc) is 3.27. The Kier molecular flexibility index (Phi) is 3.60. The van der Waals surface area contributed by atoms with Gasteiger partial charge in [-0.3, -0.25) is 4.98 Å². The molecule has 2 nitrogen and oxygen atoms in total. The molecule has 0 aliphatic heterocycles. The summed E-state index contributed by atoms with van der Waals surface area (Å²) in [5.74, 6) is 0. The van der Waals surface area contributed by atoms with Gasteiger partial charge in [-0.25, -0.2) is 0 Å². The molecule has 19 heavy (non-hydrogen) atoms. The molecule has 1 aliphatic carbocycles. The fraction of sp³-hybridized carbons (Fsp3) is 0.353. The summed E-state index contributed by atoms with van der Waals surface area (Å²) in [7, 11) is 0. The fourth-order valence-corrected chi connectivity index (χ4v) is 2.43. The Labute approximate surface area is 114 Å². The molecule has 2 aromatic rings. The first-order valence-corrected chi connectivity index (χ1v) is 7.08. The number of rotatable bonds is 5. The Balaban J connectivity index is 1.76. The van der Waals surface area contributed by atoms with E-state index in [1.807, 2.05) is 12.4 Å². The van der Waals surface area contributed by atoms with Gasteiger partial charge in [0.15, 0.2) is 0 Å². The zero-order valence-corrected chi connectivity index (χ0v) is 11.4. The lowest BCUT2D eigenvalue weighted by Gasteiger charge is -2.07. The van der Waals surface area contributed by atoms with Gasteiger partial charge in [0, 0.05) is 23.8 Å². The number of allylic oxidation sites excluding steroid dienone is 1. The molecule has 0 radical (unpaired) electrons. The van der Waals surface area contributed by atoms with Crippen molar-refractivity contribution >= 4 is 16.3 Å². The van der Waals surface area contributed by atoms with E-state index in [9.17, 15) is 0 Å². The van der Waals surface area contributed by atoms with Crippen molar-refractivity contribution in [2.75, 3.05) is 6.54 Å². The third-order valence-corrected chi connectivity index (χ3v) is 3.71. The van der Waals surface area contributed by atoms with Crippen molar-refractivity contribution in [1.29, 1.82) is 0 Å². The van der Waals surface area contributed by atoms with E-state index in [1.165, 1.54) is 34.8 Å². The Morgan fingerprint density at radius 1 is 1.37 bits per heavy atom. The number of fused-ring (bicyclic) bond motifs is 1. The Morgan fingerprint density at radius 2 is 2.26 bits per heavy atom. The summed E-state index contributed by atoms with van der Waals surface area (Å²) in [6.07, 6.45) is 9.96. The first-order valence-electron chi connectivity index (χ1n) is 7.08. The predicted octanol–water partition coefficient (Wildman–Crippen LogP) is 3.78. The molecule has 3 rings (SSSR count). The van der Waals surface area contributed by atoms with Crippen LogP contribution in [0.1, 0.15) is 31.7 Å². The molecule has 0 bridgehead atoms. The lowest BCUT2D eigenvalue weighted by molar-refractivity contribution is 0.690. The molecule has 1 aromatic carbocycles. The first-order chi connectivity index (χ1) is 9.34. The second-order valence-corrected chi connectivity index (χ2v) is 5.31. The minimum absolute atomic E-state index is 0.801. The summed E-state index contributed by atoms with van der Waals surface area (Å²) >= 11 is 0. The summed E-state index contributed by atoms with van der Waals surface area (Å²) in [6.45, 7) is 3.28. The standard InChI is InChI=1S/C17H20N2/c1-13(4-3-10-19-15-7-8-15)16-6-2-5-14-9-11-18-12-17(14)16/h2,4-6,9,11-12,15,19H,3,7-8,10H2,1H3/b13-4-. The molecule has 0 amide bonds. The normalized spacial score (nSPS) is 15.9. The van der Waals surface area contributed by atoms with Gasteiger partial charge in [-0.2, -0.15) is 0 Å². The van der Waals surface area contributed by atoms with Crippen LogP contribution < -0.4 is 5.32 Å². The lowest BCUT2D eigenvalue weighted by atomic mass is 10.00. The molecule has 1 aromatic heterocycles. The number of benzene rings is 1. The van der Waals surface area contributed by atoms with Gasteiger partial charge in [-0.1, -0.05) is 24.3 Å². The third-order valence-electron chi connectivity index (χ3n) is 3.71. The van der Waals surface area contributed by atoms with Gasteiger partial charge in [0.1, 0.15) is 0 Å². The molecule has 1 N–H and O–H groups in total. The van der Waals surface area contributed by atoms with Crippen molar-refractivity contribution in [3.05, 3.63) is 48.3 Å². The molecular weight excluding hydrogens is 232 g/mol. The molecule has 98 valence electrons. The third kappa shape index (κ3) is 3.02. The van der Waals surface area contributed by atoms with Crippen molar-refractivity contribution in [3.8, 4) is 0 Å². The van der Waals surface area contributed by atoms with Crippen LogP contribution in [0.3, 0.4) is 0 Å². The molecule has 1 aliphatic rings. The highest BCUT2D eigenvalue weighted by atomic mass is 14.9. The van der Waals surface area contributed by atoms with E-state index in [4.69, 9.17) is 0 Å². The molecule has 0 spiro atoms. The molecule has 1 heterocycles. The highest BCUT2D eigenvalue weighted by Gasteiger charge is 2.19. The second kappa shape index (κ2) is 5.54. The van der Waals surface area contributed by atoms with E-state index < -0.39 is 0 Å². The highest BCUT2D eigenvalue weighted by Crippen LogP contribution is 2.24. The maximum atomic E-state index is 4.24. The van der Waals surface area contributed by atoms with Gasteiger partial charge >= 0.3 is 0 Å². The lowest BCUT2D eigenvalue weighted by Crippen LogP contribution is -2.16. The quantitative estimate of drug-likeness (QED) is 0.819. The first kappa shape index (κ1) is 12.4. The van der Waals surface area contributed by atoms with Gasteiger partial charge < -0.3 is 5.32 Å². The Hall–Kier alpha value is -1.67. The highest BCUT2D eigenvalue weighted by molar-refractivity contribution is 5.92. The Morgan fingerprint density at radius 3 is 3.11 bits per heavy atom. The number of aromatic nitrogens is 1. The summed E-state index contributed by atoms with van der Waals surface area (Å²) < 4.78 is 0. The Bertz CT molecular complexity index is 592. The topological polar surface area (TPSA) is 24.9 Å². The number of pyridine rings is 1. The van der Waals surface area contributed by atoms with Crippen LogP contribution >= 0.6 is 0 Å². The van der Waals surface area contributed by atoms with E-state index in [0.717, 1.165) is 19.0 Å². The zero-order chi connectivity index (χ0) is 13.1. The van der Waals surface area contributed by atoms with Crippen molar-refractivity contribution in [1.82, 2.24) is 10.3 Å². The van der Waals surface area contributed by atoms with Crippen LogP contribution in [-0.4, -0.2) is 17.6 Å². The van der Waals surface area contributed by atoms with E-state index in [0.29, 0.717) is 0 Å². The van der Waals surface area contributed by atoms with Crippen molar-refractivity contribution < 1.29 is 0 Å². The molecule has 0 unspecified atom stereocenters. The summed E-state index contributed by atoms with van der Waals surface area (Å²) in [5.41, 5.74) is 2.65. The fourth-order valence-electron chi connectivity index (χ4n) is 2.43. The van der Waals surface area contributed by atoms with Crippen molar-refractivity contribution in [3.63, 3.8) is 0 Å². The van der Waals surface area contributed by atoms with E-state index in [1.54, 1.807) is 0 Å². The average molecular weight is 252 g/mol. The van der Waals surface area contributed by atoms with Gasteiger partial charge in [-0.15, -0.1) is 0 Å². The monoisotopic (exact) mass is 252 g/mol. The summed E-state index contributed by atoms with van der Waals surface area (Å²) in [5, 5.41) is 6.05. The van der Waals surface area contributed by atoms with Crippen LogP contribution in [0.4, 0.5) is 0 Å². The van der Waals surface area contributed by atoms with Gasteiger partial charge in [0.25, 0.3) is 0 Å². The minimum Gasteiger partial charge on any atom is -0.314 e. The molecule has 2 heteroatoms. The van der Waals surface area contributed by atoms with Crippen LogP contribution in [0.25, 0.3) is 16.3 Å². The summed E-state index contributed by atoms with van der Waals surface area (Å²) in [6, 6.07) is 9.32. The zero-order valence-electron chi connectivity index (χ0n) is 11.4. The largest absolute Gasteiger partial charge is 0.314 e. The van der Waals surface area contributed by atoms with E-state index in [2.05, 4.69) is 47.6 Å².